The van der Waals surface area contributed by atoms with Gasteiger partial charge >= 0.3 is 0 Å². The van der Waals surface area contributed by atoms with Crippen molar-refractivity contribution in [2.75, 3.05) is 19.6 Å². The molecule has 1 aromatic heterocycles. The van der Waals surface area contributed by atoms with Gasteiger partial charge in [0, 0.05) is 31.1 Å². The number of hydrogen-bond donors (Lipinski definition) is 1. The molecule has 2 heterocycles. The van der Waals surface area contributed by atoms with Crippen molar-refractivity contribution in [3.63, 3.8) is 0 Å². The van der Waals surface area contributed by atoms with E-state index >= 15 is 0 Å². The van der Waals surface area contributed by atoms with E-state index in [4.69, 9.17) is 4.52 Å². The average molecular weight is 319 g/mol. The predicted octanol–water partition coefficient (Wildman–Crippen LogP) is 3.18. The Kier molecular flexibility index (Phi) is 5.36. The highest BCUT2D eigenvalue weighted by Crippen LogP contribution is 2.28. The Hall–Kier alpha value is -1.36. The van der Waals surface area contributed by atoms with Crippen molar-refractivity contribution in [2.45, 2.75) is 64.3 Å². The van der Waals surface area contributed by atoms with E-state index in [9.17, 15) is 4.79 Å². The third-order valence-electron chi connectivity index (χ3n) is 5.32. The molecule has 0 aromatic carbocycles. The van der Waals surface area contributed by atoms with E-state index in [0.29, 0.717) is 17.7 Å². The number of piperidine rings is 1. The third-order valence-corrected chi connectivity index (χ3v) is 5.32. The first-order chi connectivity index (χ1) is 11.2. The first-order valence-corrected chi connectivity index (χ1v) is 9.20. The second kappa shape index (κ2) is 7.47. The van der Waals surface area contributed by atoms with Crippen LogP contribution in [0, 0.1) is 5.92 Å². The molecule has 5 heteroatoms. The van der Waals surface area contributed by atoms with Gasteiger partial charge in [-0.1, -0.05) is 19.0 Å². The summed E-state index contributed by atoms with van der Waals surface area (Å²) in [7, 11) is 0. The van der Waals surface area contributed by atoms with Crippen LogP contribution < -0.4 is 5.32 Å². The minimum atomic E-state index is -0.00431. The van der Waals surface area contributed by atoms with Crippen LogP contribution in [0.1, 0.15) is 74.5 Å². The first-order valence-electron chi connectivity index (χ1n) is 9.20. The standard InChI is InChI=1S/C18H29N3O2/c1-3-14(4-2)16-11-17(23-20-16)18(22)21-9-7-15(8-10-21)19-12-13-5-6-13/h11,13-15,19H,3-10,12H2,1-2H3. The number of carbonyl (C=O) groups excluding carboxylic acids is 1. The summed E-state index contributed by atoms with van der Waals surface area (Å²) in [5.41, 5.74) is 0.916. The van der Waals surface area contributed by atoms with Gasteiger partial charge in [0.15, 0.2) is 0 Å². The molecule has 2 aliphatic rings. The maximum atomic E-state index is 12.6. The molecule has 0 bridgehead atoms. The monoisotopic (exact) mass is 319 g/mol. The predicted molar refractivity (Wildman–Crippen MR) is 89.5 cm³/mol. The van der Waals surface area contributed by atoms with E-state index in [1.807, 2.05) is 11.0 Å². The molecule has 2 fully saturated rings. The van der Waals surface area contributed by atoms with E-state index in [1.54, 1.807) is 0 Å². The van der Waals surface area contributed by atoms with Crippen molar-refractivity contribution in [3.8, 4) is 0 Å². The van der Waals surface area contributed by atoms with Gasteiger partial charge < -0.3 is 14.7 Å². The Morgan fingerprint density at radius 3 is 2.61 bits per heavy atom. The lowest BCUT2D eigenvalue weighted by atomic mass is 9.99. The largest absolute Gasteiger partial charge is 0.351 e. The van der Waals surface area contributed by atoms with Crippen LogP contribution >= 0.6 is 0 Å². The molecule has 128 valence electrons. The number of amides is 1. The van der Waals surface area contributed by atoms with Crippen LogP contribution in [0.15, 0.2) is 10.6 Å². The summed E-state index contributed by atoms with van der Waals surface area (Å²) in [6.45, 7) is 7.05. The average Bonchev–Trinajstić information content (AvgIpc) is 3.30. The molecule has 0 atom stereocenters. The topological polar surface area (TPSA) is 58.4 Å². The highest BCUT2D eigenvalue weighted by molar-refractivity contribution is 5.91. The second-order valence-corrected chi connectivity index (χ2v) is 7.05. The molecule has 0 unspecified atom stereocenters. The molecule has 1 amide bonds. The maximum Gasteiger partial charge on any atom is 0.292 e. The molecular formula is C18H29N3O2. The zero-order chi connectivity index (χ0) is 16.2. The number of nitrogens with zero attached hydrogens (tertiary/aromatic N) is 2. The molecule has 1 aliphatic heterocycles. The molecule has 1 saturated carbocycles. The van der Waals surface area contributed by atoms with Gasteiger partial charge in [-0.05, 0) is 51.0 Å². The Morgan fingerprint density at radius 2 is 2.00 bits per heavy atom. The molecule has 1 aromatic rings. The fourth-order valence-electron chi connectivity index (χ4n) is 3.39. The van der Waals surface area contributed by atoms with Gasteiger partial charge in [-0.15, -0.1) is 0 Å². The lowest BCUT2D eigenvalue weighted by Gasteiger charge is -2.31. The van der Waals surface area contributed by atoms with Crippen LogP contribution in [0.5, 0.6) is 0 Å². The molecular weight excluding hydrogens is 290 g/mol. The summed E-state index contributed by atoms with van der Waals surface area (Å²) in [4.78, 5) is 14.5. The second-order valence-electron chi connectivity index (χ2n) is 7.05. The van der Waals surface area contributed by atoms with Crippen LogP contribution in [-0.4, -0.2) is 41.6 Å². The van der Waals surface area contributed by atoms with E-state index in [-0.39, 0.29) is 5.91 Å². The lowest BCUT2D eigenvalue weighted by Crippen LogP contribution is -2.45. The number of hydrogen-bond acceptors (Lipinski definition) is 4. The number of likely N-dealkylation sites (tertiary alicyclic amines) is 1. The van der Waals surface area contributed by atoms with Gasteiger partial charge in [-0.3, -0.25) is 4.79 Å². The minimum absolute atomic E-state index is 0.00431. The van der Waals surface area contributed by atoms with Gasteiger partial charge in [-0.25, -0.2) is 0 Å². The van der Waals surface area contributed by atoms with Gasteiger partial charge in [0.05, 0.1) is 5.69 Å². The molecule has 1 N–H and O–H groups in total. The number of nitrogens with one attached hydrogen (secondary N) is 1. The summed E-state index contributed by atoms with van der Waals surface area (Å²) in [5, 5.41) is 7.75. The summed E-state index contributed by atoms with van der Waals surface area (Å²) in [6.07, 6.45) is 6.88. The number of carbonyl (C=O) groups is 1. The van der Waals surface area contributed by atoms with Gasteiger partial charge in [-0.2, -0.15) is 0 Å². The molecule has 0 radical (unpaired) electrons. The summed E-state index contributed by atoms with van der Waals surface area (Å²) in [5.74, 6) is 1.69. The zero-order valence-electron chi connectivity index (χ0n) is 14.4. The van der Waals surface area contributed by atoms with Crippen molar-refractivity contribution < 1.29 is 9.32 Å². The molecule has 3 rings (SSSR count). The molecule has 23 heavy (non-hydrogen) atoms. The van der Waals surface area contributed by atoms with Crippen LogP contribution in [0.2, 0.25) is 0 Å². The quantitative estimate of drug-likeness (QED) is 0.838. The molecule has 5 nitrogen and oxygen atoms in total. The highest BCUT2D eigenvalue weighted by atomic mass is 16.5. The Balaban J connectivity index is 1.50. The van der Waals surface area contributed by atoms with E-state index in [1.165, 1.54) is 12.8 Å². The Bertz CT molecular complexity index is 512. The summed E-state index contributed by atoms with van der Waals surface area (Å²) >= 11 is 0. The fraction of sp³-hybridized carbons (Fsp3) is 0.778. The van der Waals surface area contributed by atoms with Crippen molar-refractivity contribution in [1.29, 1.82) is 0 Å². The maximum absolute atomic E-state index is 12.6. The first kappa shape index (κ1) is 16.5. The van der Waals surface area contributed by atoms with Crippen LogP contribution in [-0.2, 0) is 0 Å². The zero-order valence-corrected chi connectivity index (χ0v) is 14.4. The Morgan fingerprint density at radius 1 is 1.30 bits per heavy atom. The van der Waals surface area contributed by atoms with Crippen molar-refractivity contribution in [2.24, 2.45) is 5.92 Å². The van der Waals surface area contributed by atoms with Crippen LogP contribution in [0.3, 0.4) is 0 Å². The van der Waals surface area contributed by atoms with Gasteiger partial charge in [0.2, 0.25) is 5.76 Å². The van der Waals surface area contributed by atoms with Crippen molar-refractivity contribution in [3.05, 3.63) is 17.5 Å². The smallest absolute Gasteiger partial charge is 0.292 e. The lowest BCUT2D eigenvalue weighted by molar-refractivity contribution is 0.0663. The van der Waals surface area contributed by atoms with E-state index < -0.39 is 0 Å². The SMILES string of the molecule is CCC(CC)c1cc(C(=O)N2CCC(NCC3CC3)CC2)on1. The number of rotatable bonds is 7. The fourth-order valence-corrected chi connectivity index (χ4v) is 3.39. The molecule has 1 aliphatic carbocycles. The summed E-state index contributed by atoms with van der Waals surface area (Å²) < 4.78 is 5.32. The Labute approximate surface area is 138 Å². The minimum Gasteiger partial charge on any atom is -0.351 e. The normalized spacial score (nSPS) is 19.5. The molecule has 0 spiro atoms. The van der Waals surface area contributed by atoms with Gasteiger partial charge in [0.1, 0.15) is 0 Å². The van der Waals surface area contributed by atoms with Crippen molar-refractivity contribution in [1.82, 2.24) is 15.4 Å². The molecule has 1 saturated heterocycles. The van der Waals surface area contributed by atoms with Crippen molar-refractivity contribution >= 4 is 5.91 Å². The highest BCUT2D eigenvalue weighted by Gasteiger charge is 2.28. The van der Waals surface area contributed by atoms with E-state index in [0.717, 1.165) is 56.9 Å². The van der Waals surface area contributed by atoms with Gasteiger partial charge in [0.25, 0.3) is 5.91 Å². The number of aromatic nitrogens is 1. The van der Waals surface area contributed by atoms with E-state index in [2.05, 4.69) is 24.3 Å². The van der Waals surface area contributed by atoms with Crippen LogP contribution in [0.4, 0.5) is 0 Å². The van der Waals surface area contributed by atoms with Crippen LogP contribution in [0.25, 0.3) is 0 Å². The third kappa shape index (κ3) is 4.14. The summed E-state index contributed by atoms with van der Waals surface area (Å²) in [6, 6.07) is 2.41.